The van der Waals surface area contributed by atoms with Gasteiger partial charge in [0.25, 0.3) is 0 Å². The summed E-state index contributed by atoms with van der Waals surface area (Å²) in [5.41, 5.74) is 0.291. The first-order valence-electron chi connectivity index (χ1n) is 6.14. The van der Waals surface area contributed by atoms with Crippen LogP contribution in [0.3, 0.4) is 0 Å². The molecule has 0 saturated heterocycles. The van der Waals surface area contributed by atoms with E-state index >= 15 is 0 Å². The normalized spacial score (nSPS) is 37.4. The van der Waals surface area contributed by atoms with E-state index in [9.17, 15) is 4.79 Å². The molecule has 0 bridgehead atoms. The minimum atomic E-state index is 0.291. The molecule has 2 atom stereocenters. The molecule has 0 unspecified atom stereocenters. The van der Waals surface area contributed by atoms with Crippen LogP contribution in [-0.4, -0.2) is 5.78 Å². The maximum absolute atomic E-state index is 11.9. The second-order valence-electron chi connectivity index (χ2n) is 5.84. The van der Waals surface area contributed by atoms with Crippen molar-refractivity contribution in [1.29, 1.82) is 0 Å². The maximum Gasteiger partial charge on any atom is 0.136 e. The summed E-state index contributed by atoms with van der Waals surface area (Å²) in [6.07, 6.45) is 8.66. The van der Waals surface area contributed by atoms with Crippen molar-refractivity contribution < 1.29 is 4.79 Å². The van der Waals surface area contributed by atoms with E-state index in [0.717, 1.165) is 6.42 Å². The minimum Gasteiger partial charge on any atom is -0.299 e. The van der Waals surface area contributed by atoms with E-state index in [2.05, 4.69) is 13.8 Å². The van der Waals surface area contributed by atoms with E-state index in [0.29, 0.717) is 23.0 Å². The molecule has 2 saturated carbocycles. The number of carbonyl (C=O) groups is 1. The van der Waals surface area contributed by atoms with Gasteiger partial charge in [-0.25, -0.2) is 0 Å². The van der Waals surface area contributed by atoms with Crippen LogP contribution in [0.2, 0.25) is 0 Å². The summed E-state index contributed by atoms with van der Waals surface area (Å²) in [5.74, 6) is 1.67. The molecule has 0 radical (unpaired) electrons. The molecule has 0 amide bonds. The summed E-state index contributed by atoms with van der Waals surface area (Å²) in [7, 11) is 0. The van der Waals surface area contributed by atoms with Gasteiger partial charge in [-0.15, -0.1) is 0 Å². The van der Waals surface area contributed by atoms with Crippen molar-refractivity contribution in [2.24, 2.45) is 17.3 Å². The van der Waals surface area contributed by atoms with Crippen molar-refractivity contribution in [3.8, 4) is 0 Å². The zero-order chi connectivity index (χ0) is 10.2. The van der Waals surface area contributed by atoms with Gasteiger partial charge >= 0.3 is 0 Å². The third kappa shape index (κ3) is 1.74. The quantitative estimate of drug-likeness (QED) is 0.576. The topological polar surface area (TPSA) is 17.1 Å². The van der Waals surface area contributed by atoms with E-state index in [1.807, 2.05) is 0 Å². The first kappa shape index (κ1) is 10.2. The summed E-state index contributed by atoms with van der Waals surface area (Å²) in [6.45, 7) is 4.58. The smallest absolute Gasteiger partial charge is 0.136 e. The van der Waals surface area contributed by atoms with Crippen LogP contribution in [0.25, 0.3) is 0 Å². The molecule has 2 rings (SSSR count). The van der Waals surface area contributed by atoms with Crippen molar-refractivity contribution in [2.75, 3.05) is 0 Å². The van der Waals surface area contributed by atoms with Crippen LogP contribution in [0.1, 0.15) is 58.8 Å². The van der Waals surface area contributed by atoms with Gasteiger partial charge in [-0.05, 0) is 24.2 Å². The van der Waals surface area contributed by atoms with E-state index in [4.69, 9.17) is 0 Å². The Morgan fingerprint density at radius 3 is 2.43 bits per heavy atom. The van der Waals surface area contributed by atoms with Gasteiger partial charge in [0.1, 0.15) is 5.78 Å². The van der Waals surface area contributed by atoms with Crippen LogP contribution in [-0.2, 0) is 4.79 Å². The number of carbonyl (C=O) groups excluding carboxylic acids is 1. The first-order chi connectivity index (χ1) is 6.61. The van der Waals surface area contributed by atoms with Crippen molar-refractivity contribution in [3.63, 3.8) is 0 Å². The Kier molecular flexibility index (Phi) is 2.68. The van der Waals surface area contributed by atoms with Gasteiger partial charge in [0, 0.05) is 12.3 Å². The average Bonchev–Trinajstić information content (AvgIpc) is 2.19. The molecule has 1 heteroatoms. The van der Waals surface area contributed by atoms with E-state index in [-0.39, 0.29) is 0 Å². The molecule has 0 aromatic rings. The molecular formula is C13H22O. The lowest BCUT2D eigenvalue weighted by Crippen LogP contribution is -2.24. The zero-order valence-corrected chi connectivity index (χ0v) is 9.51. The lowest BCUT2D eigenvalue weighted by atomic mass is 9.73. The molecule has 0 heterocycles. The van der Waals surface area contributed by atoms with Crippen LogP contribution in [0.15, 0.2) is 0 Å². The maximum atomic E-state index is 11.9. The van der Waals surface area contributed by atoms with Gasteiger partial charge in [0.2, 0.25) is 0 Å². The summed E-state index contributed by atoms with van der Waals surface area (Å²) >= 11 is 0. The number of Topliss-reactive ketones (excluding diaryl/α,β-unsaturated/α-hetero) is 1. The fourth-order valence-electron chi connectivity index (χ4n) is 3.52. The molecule has 0 aliphatic heterocycles. The first-order valence-corrected chi connectivity index (χ1v) is 6.14. The fraction of sp³-hybridized carbons (Fsp3) is 0.923. The molecule has 2 fully saturated rings. The number of rotatable bonds is 0. The van der Waals surface area contributed by atoms with Crippen LogP contribution >= 0.6 is 0 Å². The standard InChI is InChI=1S/C13H22O/c1-13(2)9-12(14)10-7-5-3-4-6-8-11(10)13/h10-11H,3-9H2,1-2H3/t10-,11-/m0/s1. The third-order valence-corrected chi connectivity index (χ3v) is 4.31. The Bertz CT molecular complexity index is 229. The van der Waals surface area contributed by atoms with E-state index in [1.54, 1.807) is 0 Å². The molecule has 0 N–H and O–H groups in total. The summed E-state index contributed by atoms with van der Waals surface area (Å²) in [5, 5.41) is 0. The highest BCUT2D eigenvalue weighted by atomic mass is 16.1. The second-order valence-corrected chi connectivity index (χ2v) is 5.84. The number of hydrogen-bond acceptors (Lipinski definition) is 1. The van der Waals surface area contributed by atoms with E-state index in [1.165, 1.54) is 38.5 Å². The van der Waals surface area contributed by atoms with Crippen molar-refractivity contribution >= 4 is 5.78 Å². The van der Waals surface area contributed by atoms with Gasteiger partial charge in [0.05, 0.1) is 0 Å². The third-order valence-electron chi connectivity index (χ3n) is 4.31. The summed E-state index contributed by atoms with van der Waals surface area (Å²) < 4.78 is 0. The Morgan fingerprint density at radius 1 is 1.07 bits per heavy atom. The SMILES string of the molecule is CC1(C)CC(=O)[C@H]2CCCCCC[C@@H]21. The molecule has 14 heavy (non-hydrogen) atoms. The zero-order valence-electron chi connectivity index (χ0n) is 9.51. The number of ketones is 1. The number of hydrogen-bond donors (Lipinski definition) is 0. The molecule has 0 aromatic heterocycles. The molecule has 2 aliphatic carbocycles. The molecule has 0 spiro atoms. The van der Waals surface area contributed by atoms with Crippen LogP contribution in [0.5, 0.6) is 0 Å². The highest BCUT2D eigenvalue weighted by molar-refractivity contribution is 5.84. The lowest BCUT2D eigenvalue weighted by molar-refractivity contribution is -0.121. The summed E-state index contributed by atoms with van der Waals surface area (Å²) in [6, 6.07) is 0. The van der Waals surface area contributed by atoms with Crippen LogP contribution < -0.4 is 0 Å². The highest BCUT2D eigenvalue weighted by Gasteiger charge is 2.46. The Labute approximate surface area is 87.3 Å². The number of fused-ring (bicyclic) bond motifs is 1. The molecule has 0 aromatic carbocycles. The second kappa shape index (κ2) is 3.67. The Balaban J connectivity index is 2.15. The molecule has 80 valence electrons. The van der Waals surface area contributed by atoms with Crippen molar-refractivity contribution in [2.45, 2.75) is 58.8 Å². The van der Waals surface area contributed by atoms with Crippen LogP contribution in [0, 0.1) is 17.3 Å². The highest BCUT2D eigenvalue weighted by Crippen LogP contribution is 2.49. The fourth-order valence-corrected chi connectivity index (χ4v) is 3.52. The predicted molar refractivity (Wildman–Crippen MR) is 58.1 cm³/mol. The van der Waals surface area contributed by atoms with Gasteiger partial charge < -0.3 is 0 Å². The van der Waals surface area contributed by atoms with E-state index < -0.39 is 0 Å². The molecular weight excluding hydrogens is 172 g/mol. The minimum absolute atomic E-state index is 0.291. The van der Waals surface area contributed by atoms with Gasteiger partial charge in [0.15, 0.2) is 0 Å². The van der Waals surface area contributed by atoms with Gasteiger partial charge in [-0.3, -0.25) is 4.79 Å². The van der Waals surface area contributed by atoms with Crippen molar-refractivity contribution in [1.82, 2.24) is 0 Å². The molecule has 1 nitrogen and oxygen atoms in total. The predicted octanol–water partition coefficient (Wildman–Crippen LogP) is 3.57. The van der Waals surface area contributed by atoms with Crippen molar-refractivity contribution in [3.05, 3.63) is 0 Å². The van der Waals surface area contributed by atoms with Gasteiger partial charge in [-0.2, -0.15) is 0 Å². The van der Waals surface area contributed by atoms with Gasteiger partial charge in [-0.1, -0.05) is 39.5 Å². The molecule has 2 aliphatic rings. The Morgan fingerprint density at radius 2 is 1.71 bits per heavy atom. The monoisotopic (exact) mass is 194 g/mol. The average molecular weight is 194 g/mol. The lowest BCUT2D eigenvalue weighted by Gasteiger charge is -2.31. The Hall–Kier alpha value is -0.330. The van der Waals surface area contributed by atoms with Crippen LogP contribution in [0.4, 0.5) is 0 Å². The largest absolute Gasteiger partial charge is 0.299 e. The summed E-state index contributed by atoms with van der Waals surface area (Å²) in [4.78, 5) is 11.9.